The Kier molecular flexibility index (Phi) is 2.21. The van der Waals surface area contributed by atoms with Crippen LogP contribution in [0.4, 0.5) is 0 Å². The van der Waals surface area contributed by atoms with Crippen molar-refractivity contribution in [2.24, 2.45) is 11.8 Å². The molecular formula is C20H20. The molecule has 1 saturated carbocycles. The van der Waals surface area contributed by atoms with Gasteiger partial charge < -0.3 is 0 Å². The molecule has 3 aliphatic carbocycles. The van der Waals surface area contributed by atoms with Crippen LogP contribution in [0.15, 0.2) is 48.5 Å². The quantitative estimate of drug-likeness (QED) is 0.644. The van der Waals surface area contributed by atoms with Crippen molar-refractivity contribution in [3.05, 3.63) is 70.8 Å². The lowest BCUT2D eigenvalue weighted by Gasteiger charge is -2.58. The maximum absolute atomic E-state index is 2.40. The van der Waals surface area contributed by atoms with Crippen LogP contribution in [-0.4, -0.2) is 0 Å². The second-order valence-corrected chi connectivity index (χ2v) is 6.85. The summed E-state index contributed by atoms with van der Waals surface area (Å²) in [5.41, 5.74) is 6.58. The Balaban J connectivity index is 1.64. The van der Waals surface area contributed by atoms with Gasteiger partial charge in [0.15, 0.2) is 0 Å². The zero-order chi connectivity index (χ0) is 13.1. The highest BCUT2D eigenvalue weighted by Gasteiger charge is 2.54. The van der Waals surface area contributed by atoms with Crippen molar-refractivity contribution in [1.29, 1.82) is 0 Å². The molecular weight excluding hydrogens is 240 g/mol. The normalized spacial score (nSPS) is 33.2. The Morgan fingerprint density at radius 2 is 1.05 bits per heavy atom. The number of rotatable bonds is 0. The zero-order valence-corrected chi connectivity index (χ0v) is 11.8. The van der Waals surface area contributed by atoms with E-state index in [0.717, 1.165) is 23.7 Å². The molecule has 0 nitrogen and oxygen atoms in total. The third-order valence-electron chi connectivity index (χ3n) is 6.18. The van der Waals surface area contributed by atoms with Crippen molar-refractivity contribution in [3.63, 3.8) is 0 Å². The second-order valence-electron chi connectivity index (χ2n) is 6.85. The molecule has 0 spiro atoms. The summed E-state index contributed by atoms with van der Waals surface area (Å²) in [6, 6.07) is 18.4. The van der Waals surface area contributed by atoms with Gasteiger partial charge in [-0.1, -0.05) is 48.5 Å². The predicted molar refractivity (Wildman–Crippen MR) is 82.0 cm³/mol. The molecule has 5 rings (SSSR count). The average molecular weight is 260 g/mol. The molecule has 4 unspecified atom stereocenters. The molecule has 0 aromatic heterocycles. The van der Waals surface area contributed by atoms with Gasteiger partial charge in [0, 0.05) is 0 Å². The first-order chi connectivity index (χ1) is 9.93. The molecule has 1 fully saturated rings. The summed E-state index contributed by atoms with van der Waals surface area (Å²) in [6.07, 6.45) is 5.46. The summed E-state index contributed by atoms with van der Waals surface area (Å²) in [4.78, 5) is 0. The molecule has 0 aliphatic heterocycles. The van der Waals surface area contributed by atoms with E-state index >= 15 is 0 Å². The fourth-order valence-electron chi connectivity index (χ4n) is 5.37. The van der Waals surface area contributed by atoms with E-state index in [1.807, 2.05) is 0 Å². The topological polar surface area (TPSA) is 0 Å². The Morgan fingerprint density at radius 1 is 0.600 bits per heavy atom. The maximum Gasteiger partial charge on any atom is -0.00562 e. The van der Waals surface area contributed by atoms with E-state index in [2.05, 4.69) is 48.5 Å². The number of aryl methyl sites for hydroxylation is 2. The van der Waals surface area contributed by atoms with Gasteiger partial charge in [0.05, 0.1) is 0 Å². The van der Waals surface area contributed by atoms with Crippen LogP contribution in [0, 0.1) is 11.8 Å². The molecule has 100 valence electrons. The molecule has 0 heteroatoms. The van der Waals surface area contributed by atoms with Gasteiger partial charge in [-0.2, -0.15) is 0 Å². The van der Waals surface area contributed by atoms with Crippen LogP contribution in [0.3, 0.4) is 0 Å². The first-order valence-electron chi connectivity index (χ1n) is 8.09. The minimum atomic E-state index is 0.811. The van der Waals surface area contributed by atoms with E-state index in [9.17, 15) is 0 Å². The maximum atomic E-state index is 2.40. The highest BCUT2D eigenvalue weighted by atomic mass is 14.6. The molecule has 0 bridgehead atoms. The van der Waals surface area contributed by atoms with Crippen LogP contribution in [0.1, 0.15) is 46.9 Å². The zero-order valence-electron chi connectivity index (χ0n) is 11.8. The predicted octanol–water partition coefficient (Wildman–Crippen LogP) is 4.69. The number of hydrogen-bond acceptors (Lipinski definition) is 0. The molecule has 4 atom stereocenters. The van der Waals surface area contributed by atoms with Crippen LogP contribution in [0.25, 0.3) is 0 Å². The second kappa shape index (κ2) is 3.97. The van der Waals surface area contributed by atoms with Crippen LogP contribution < -0.4 is 0 Å². The lowest BCUT2D eigenvalue weighted by molar-refractivity contribution is 0.0558. The Bertz CT molecular complexity index is 610. The Labute approximate surface area is 120 Å². The van der Waals surface area contributed by atoms with Crippen LogP contribution >= 0.6 is 0 Å². The molecule has 20 heavy (non-hydrogen) atoms. The van der Waals surface area contributed by atoms with Crippen molar-refractivity contribution >= 4 is 0 Å². The van der Waals surface area contributed by atoms with Crippen molar-refractivity contribution in [1.82, 2.24) is 0 Å². The van der Waals surface area contributed by atoms with Crippen LogP contribution in [0.5, 0.6) is 0 Å². The monoisotopic (exact) mass is 260 g/mol. The van der Waals surface area contributed by atoms with Gasteiger partial charge in [-0.15, -0.1) is 0 Å². The summed E-state index contributed by atoms with van der Waals surface area (Å²) in [6.45, 7) is 0. The van der Waals surface area contributed by atoms with Crippen LogP contribution in [-0.2, 0) is 12.8 Å². The number of hydrogen-bond donors (Lipinski definition) is 0. The highest BCUT2D eigenvalue weighted by molar-refractivity contribution is 5.45. The molecule has 0 radical (unpaired) electrons. The third kappa shape index (κ3) is 1.32. The number of fused-ring (bicyclic) bond motifs is 8. The minimum absolute atomic E-state index is 0.811. The van der Waals surface area contributed by atoms with Crippen molar-refractivity contribution in [2.75, 3.05) is 0 Å². The van der Waals surface area contributed by atoms with Crippen LogP contribution in [0.2, 0.25) is 0 Å². The summed E-state index contributed by atoms with van der Waals surface area (Å²) in [5.74, 6) is 3.55. The molecule has 2 aromatic carbocycles. The summed E-state index contributed by atoms with van der Waals surface area (Å²) in [5, 5.41) is 0. The average Bonchev–Trinajstić information content (AvgIpc) is 2.49. The lowest BCUT2D eigenvalue weighted by Crippen LogP contribution is -2.48. The molecule has 3 aliphatic rings. The van der Waals surface area contributed by atoms with E-state index in [1.54, 1.807) is 22.3 Å². The summed E-state index contributed by atoms with van der Waals surface area (Å²) >= 11 is 0. The van der Waals surface area contributed by atoms with Crippen molar-refractivity contribution in [2.45, 2.75) is 37.5 Å². The van der Waals surface area contributed by atoms with E-state index in [4.69, 9.17) is 0 Å². The van der Waals surface area contributed by atoms with Gasteiger partial charge in [0.2, 0.25) is 0 Å². The smallest absolute Gasteiger partial charge is 0.00562 e. The third-order valence-corrected chi connectivity index (χ3v) is 6.18. The van der Waals surface area contributed by atoms with Crippen molar-refractivity contribution in [3.8, 4) is 0 Å². The van der Waals surface area contributed by atoms with E-state index in [1.165, 1.54) is 25.7 Å². The standard InChI is InChI=1S/C20H20/c1-3-7-15-13(5-1)9-11-17-18-12-10-14-6-2-4-8-16(14)20(18)19(15)17/h1-8,17-20H,9-12H2. The first kappa shape index (κ1) is 11.1. The summed E-state index contributed by atoms with van der Waals surface area (Å²) < 4.78 is 0. The fourth-order valence-corrected chi connectivity index (χ4v) is 5.37. The van der Waals surface area contributed by atoms with E-state index in [-0.39, 0.29) is 0 Å². The first-order valence-corrected chi connectivity index (χ1v) is 8.09. The lowest BCUT2D eigenvalue weighted by atomic mass is 9.46. The molecule has 0 heterocycles. The fraction of sp³-hybridized carbons (Fsp3) is 0.400. The molecule has 0 amide bonds. The van der Waals surface area contributed by atoms with Crippen molar-refractivity contribution < 1.29 is 0 Å². The largest absolute Gasteiger partial charge is 0.0620 e. The van der Waals surface area contributed by atoms with Gasteiger partial charge in [-0.25, -0.2) is 0 Å². The molecule has 0 saturated heterocycles. The van der Waals surface area contributed by atoms with Gasteiger partial charge >= 0.3 is 0 Å². The van der Waals surface area contributed by atoms with Gasteiger partial charge in [-0.05, 0) is 71.6 Å². The van der Waals surface area contributed by atoms with E-state index < -0.39 is 0 Å². The SMILES string of the molecule is c1ccc2c(c1)CCC1C3CCc4ccccc4C3C21. The van der Waals surface area contributed by atoms with Gasteiger partial charge in [0.25, 0.3) is 0 Å². The Morgan fingerprint density at radius 3 is 1.55 bits per heavy atom. The van der Waals surface area contributed by atoms with Gasteiger partial charge in [-0.3, -0.25) is 0 Å². The molecule has 0 N–H and O–H groups in total. The minimum Gasteiger partial charge on any atom is -0.0620 e. The van der Waals surface area contributed by atoms with E-state index in [0.29, 0.717) is 0 Å². The Hall–Kier alpha value is -1.56. The van der Waals surface area contributed by atoms with Gasteiger partial charge in [0.1, 0.15) is 0 Å². The highest BCUT2D eigenvalue weighted by Crippen LogP contribution is 2.64. The summed E-state index contributed by atoms with van der Waals surface area (Å²) in [7, 11) is 0. The molecule has 2 aromatic rings. The number of benzene rings is 2.